The number of rotatable bonds is 4. The van der Waals surface area contributed by atoms with E-state index in [0.717, 1.165) is 0 Å². The molecule has 2 aromatic rings. The molecule has 2 rings (SSSR count). The van der Waals surface area contributed by atoms with Crippen LogP contribution in [0.4, 0.5) is 0 Å². The molecule has 0 saturated carbocycles. The highest BCUT2D eigenvalue weighted by Gasteiger charge is 2.19. The highest BCUT2D eigenvalue weighted by atomic mass is 35.5. The highest BCUT2D eigenvalue weighted by Crippen LogP contribution is 2.20. The molecule has 0 amide bonds. The van der Waals surface area contributed by atoms with Crippen molar-refractivity contribution in [2.24, 2.45) is 0 Å². The molecule has 1 atom stereocenters. The van der Waals surface area contributed by atoms with Crippen LogP contribution < -0.4 is 4.74 Å². The number of aliphatic hydroxyl groups is 1. The molecule has 100 valence electrons. The standard InChI is InChI=1S/C14H13NO3.ClH/c1-18-12-4-2-3-11(9-12)14(17)13(16)10-5-7-15-8-6-10;/h2-9,13,16H,1H3;1H. The van der Waals surface area contributed by atoms with Crippen molar-refractivity contribution < 1.29 is 14.6 Å². The lowest BCUT2D eigenvalue weighted by Crippen LogP contribution is -2.12. The Morgan fingerprint density at radius 3 is 2.58 bits per heavy atom. The fourth-order valence-electron chi connectivity index (χ4n) is 1.63. The van der Waals surface area contributed by atoms with Crippen LogP contribution >= 0.6 is 12.4 Å². The Balaban J connectivity index is 0.00000180. The van der Waals surface area contributed by atoms with Crippen LogP contribution in [0.15, 0.2) is 48.8 Å². The van der Waals surface area contributed by atoms with Crippen LogP contribution in [0.2, 0.25) is 0 Å². The van der Waals surface area contributed by atoms with Crippen molar-refractivity contribution >= 4 is 18.2 Å². The number of carbonyl (C=O) groups excluding carboxylic acids is 1. The number of nitrogens with zero attached hydrogens (tertiary/aromatic N) is 1. The third-order valence-electron chi connectivity index (χ3n) is 2.62. The number of ketones is 1. The van der Waals surface area contributed by atoms with Crippen molar-refractivity contribution in [3.8, 4) is 5.75 Å². The first-order chi connectivity index (χ1) is 8.72. The number of carbonyl (C=O) groups is 1. The zero-order valence-corrected chi connectivity index (χ0v) is 11.1. The lowest BCUT2D eigenvalue weighted by Gasteiger charge is -2.10. The second kappa shape index (κ2) is 6.87. The van der Waals surface area contributed by atoms with Gasteiger partial charge in [-0.05, 0) is 29.8 Å². The molecule has 0 aliphatic heterocycles. The number of benzene rings is 1. The van der Waals surface area contributed by atoms with Gasteiger partial charge in [0.2, 0.25) is 0 Å². The van der Waals surface area contributed by atoms with E-state index in [0.29, 0.717) is 16.9 Å². The summed E-state index contributed by atoms with van der Waals surface area (Å²) in [6, 6.07) is 9.94. The van der Waals surface area contributed by atoms with E-state index in [1.54, 1.807) is 36.4 Å². The van der Waals surface area contributed by atoms with Crippen LogP contribution in [0, 0.1) is 0 Å². The number of hydrogen-bond acceptors (Lipinski definition) is 4. The summed E-state index contributed by atoms with van der Waals surface area (Å²) in [5.41, 5.74) is 0.941. The van der Waals surface area contributed by atoms with Gasteiger partial charge in [0.1, 0.15) is 11.9 Å². The monoisotopic (exact) mass is 279 g/mol. The Bertz CT molecular complexity index is 545. The number of ether oxygens (including phenoxy) is 1. The second-order valence-electron chi connectivity index (χ2n) is 3.78. The molecule has 0 fully saturated rings. The maximum atomic E-state index is 12.1. The summed E-state index contributed by atoms with van der Waals surface area (Å²) >= 11 is 0. The first kappa shape index (κ1) is 15.1. The number of Topliss-reactive ketones (excluding diaryl/α,β-unsaturated/α-hetero) is 1. The molecule has 1 aromatic heterocycles. The van der Waals surface area contributed by atoms with Crippen molar-refractivity contribution in [3.63, 3.8) is 0 Å². The molecular formula is C14H14ClNO3. The predicted molar refractivity (Wildman–Crippen MR) is 73.8 cm³/mol. The lowest BCUT2D eigenvalue weighted by atomic mass is 10.0. The van der Waals surface area contributed by atoms with Crippen molar-refractivity contribution in [1.29, 1.82) is 0 Å². The van der Waals surface area contributed by atoms with E-state index in [4.69, 9.17) is 4.74 Å². The summed E-state index contributed by atoms with van der Waals surface area (Å²) in [7, 11) is 1.53. The molecule has 0 aliphatic rings. The zero-order valence-electron chi connectivity index (χ0n) is 10.3. The Morgan fingerprint density at radius 1 is 1.26 bits per heavy atom. The van der Waals surface area contributed by atoms with Crippen LogP contribution in [0.1, 0.15) is 22.0 Å². The number of halogens is 1. The first-order valence-corrected chi connectivity index (χ1v) is 5.48. The van der Waals surface area contributed by atoms with Crippen molar-refractivity contribution in [3.05, 3.63) is 59.9 Å². The normalized spacial score (nSPS) is 11.3. The summed E-state index contributed by atoms with van der Waals surface area (Å²) in [5.74, 6) is 0.225. The SMILES string of the molecule is COc1cccc(C(=O)C(O)c2ccncc2)c1.Cl. The second-order valence-corrected chi connectivity index (χ2v) is 3.78. The van der Waals surface area contributed by atoms with Gasteiger partial charge in [0.05, 0.1) is 7.11 Å². The zero-order chi connectivity index (χ0) is 13.0. The fraction of sp³-hybridized carbons (Fsp3) is 0.143. The van der Waals surface area contributed by atoms with Gasteiger partial charge >= 0.3 is 0 Å². The van der Waals surface area contributed by atoms with Gasteiger partial charge in [-0.25, -0.2) is 0 Å². The molecule has 1 aromatic carbocycles. The lowest BCUT2D eigenvalue weighted by molar-refractivity contribution is 0.0747. The van der Waals surface area contributed by atoms with Gasteiger partial charge in [-0.1, -0.05) is 12.1 Å². The third-order valence-corrected chi connectivity index (χ3v) is 2.62. The molecule has 0 bridgehead atoms. The van der Waals surface area contributed by atoms with E-state index >= 15 is 0 Å². The molecular weight excluding hydrogens is 266 g/mol. The number of aliphatic hydroxyl groups excluding tert-OH is 1. The molecule has 1 unspecified atom stereocenters. The smallest absolute Gasteiger partial charge is 0.195 e. The first-order valence-electron chi connectivity index (χ1n) is 5.48. The van der Waals surface area contributed by atoms with Crippen molar-refractivity contribution in [2.75, 3.05) is 7.11 Å². The van der Waals surface area contributed by atoms with E-state index in [1.807, 2.05) is 0 Å². The molecule has 0 aliphatic carbocycles. The topological polar surface area (TPSA) is 59.4 Å². The van der Waals surface area contributed by atoms with Gasteiger partial charge in [0.15, 0.2) is 5.78 Å². The van der Waals surface area contributed by atoms with Crippen LogP contribution in [0.25, 0.3) is 0 Å². The van der Waals surface area contributed by atoms with Gasteiger partial charge in [-0.15, -0.1) is 12.4 Å². The van der Waals surface area contributed by atoms with Crippen LogP contribution in [0.3, 0.4) is 0 Å². The van der Waals surface area contributed by atoms with E-state index in [1.165, 1.54) is 19.5 Å². The van der Waals surface area contributed by atoms with Gasteiger partial charge in [-0.2, -0.15) is 0 Å². The summed E-state index contributed by atoms with van der Waals surface area (Å²) in [6.45, 7) is 0. The molecule has 0 spiro atoms. The van der Waals surface area contributed by atoms with Gasteiger partial charge < -0.3 is 9.84 Å². The van der Waals surface area contributed by atoms with E-state index in [9.17, 15) is 9.90 Å². The summed E-state index contributed by atoms with van der Waals surface area (Å²) < 4.78 is 5.05. The maximum absolute atomic E-state index is 12.1. The number of hydrogen-bond donors (Lipinski definition) is 1. The maximum Gasteiger partial charge on any atom is 0.195 e. The number of methoxy groups -OCH3 is 1. The van der Waals surface area contributed by atoms with E-state index < -0.39 is 6.10 Å². The van der Waals surface area contributed by atoms with E-state index in [2.05, 4.69) is 4.98 Å². The summed E-state index contributed by atoms with van der Waals surface area (Å²) in [4.78, 5) is 15.9. The minimum atomic E-state index is -1.18. The molecule has 1 heterocycles. The summed E-state index contributed by atoms with van der Waals surface area (Å²) in [6.07, 6.45) is 1.90. The molecule has 1 N–H and O–H groups in total. The van der Waals surface area contributed by atoms with Crippen molar-refractivity contribution in [2.45, 2.75) is 6.10 Å². The summed E-state index contributed by atoms with van der Waals surface area (Å²) in [5, 5.41) is 9.99. The minimum Gasteiger partial charge on any atom is -0.497 e. The molecule has 5 heteroatoms. The van der Waals surface area contributed by atoms with Crippen LogP contribution in [0.5, 0.6) is 5.75 Å². The average Bonchev–Trinajstić information content (AvgIpc) is 2.46. The Labute approximate surface area is 117 Å². The van der Waals surface area contributed by atoms with Gasteiger partial charge in [-0.3, -0.25) is 9.78 Å². The highest BCUT2D eigenvalue weighted by molar-refractivity contribution is 6.00. The predicted octanol–water partition coefficient (Wildman–Crippen LogP) is 2.43. The number of pyridine rings is 1. The Hall–Kier alpha value is -1.91. The third kappa shape index (κ3) is 3.53. The van der Waals surface area contributed by atoms with Gasteiger partial charge in [0, 0.05) is 18.0 Å². The Morgan fingerprint density at radius 2 is 1.95 bits per heavy atom. The average molecular weight is 280 g/mol. The molecule has 0 radical (unpaired) electrons. The minimum absolute atomic E-state index is 0. The van der Waals surface area contributed by atoms with Crippen molar-refractivity contribution in [1.82, 2.24) is 4.98 Å². The largest absolute Gasteiger partial charge is 0.497 e. The molecule has 19 heavy (non-hydrogen) atoms. The Kier molecular flexibility index (Phi) is 5.48. The molecule has 4 nitrogen and oxygen atoms in total. The fourth-order valence-corrected chi connectivity index (χ4v) is 1.63. The van der Waals surface area contributed by atoms with Gasteiger partial charge in [0.25, 0.3) is 0 Å². The number of aromatic nitrogens is 1. The van der Waals surface area contributed by atoms with E-state index in [-0.39, 0.29) is 18.2 Å². The quantitative estimate of drug-likeness (QED) is 0.873. The molecule has 0 saturated heterocycles. The van der Waals surface area contributed by atoms with Crippen LogP contribution in [-0.4, -0.2) is 23.0 Å². The van der Waals surface area contributed by atoms with Crippen LogP contribution in [-0.2, 0) is 0 Å².